The Bertz CT molecular complexity index is 1110. The molecule has 1 unspecified atom stereocenters. The van der Waals surface area contributed by atoms with Crippen molar-refractivity contribution in [2.75, 3.05) is 23.1 Å². The van der Waals surface area contributed by atoms with Gasteiger partial charge in [0.05, 0.1) is 23.6 Å². The molecule has 0 aliphatic carbocycles. The lowest BCUT2D eigenvalue weighted by Crippen LogP contribution is -2.23. The van der Waals surface area contributed by atoms with Crippen LogP contribution in [0, 0.1) is 0 Å². The van der Waals surface area contributed by atoms with Gasteiger partial charge < -0.3 is 20.7 Å². The fourth-order valence-electron chi connectivity index (χ4n) is 2.83. The molecule has 0 aromatic heterocycles. The van der Waals surface area contributed by atoms with Gasteiger partial charge in [0, 0.05) is 16.3 Å². The molecule has 1 atom stereocenters. The number of carbonyl (C=O) groups excluding carboxylic acids is 2. The molecular weight excluding hydrogens is 442 g/mol. The van der Waals surface area contributed by atoms with Crippen LogP contribution in [0.3, 0.4) is 0 Å². The number of anilines is 3. The zero-order valence-corrected chi connectivity index (χ0v) is 19.3. The first-order valence-electron chi connectivity index (χ1n) is 9.84. The molecule has 0 aliphatic heterocycles. The van der Waals surface area contributed by atoms with Gasteiger partial charge in [0.25, 0.3) is 0 Å². The number of methoxy groups -OCH3 is 1. The second-order valence-corrected chi connectivity index (χ2v) is 8.58. The summed E-state index contributed by atoms with van der Waals surface area (Å²) >= 11 is 6.78. The lowest BCUT2D eigenvalue weighted by Gasteiger charge is -2.15. The summed E-state index contributed by atoms with van der Waals surface area (Å²) in [4.78, 5) is 25.5. The van der Waals surface area contributed by atoms with Crippen molar-refractivity contribution in [3.05, 3.63) is 84.4 Å². The molecule has 3 aromatic rings. The van der Waals surface area contributed by atoms with Crippen molar-refractivity contribution in [2.24, 2.45) is 0 Å². The first-order chi connectivity index (χ1) is 15.5. The average Bonchev–Trinajstić information content (AvgIpc) is 2.79. The molecular formula is C24H23N3O3S2. The maximum atomic E-state index is 12.7. The van der Waals surface area contributed by atoms with Crippen LogP contribution in [-0.2, 0) is 9.53 Å². The van der Waals surface area contributed by atoms with E-state index in [0.29, 0.717) is 16.4 Å². The molecule has 0 heterocycles. The Morgan fingerprint density at radius 2 is 1.53 bits per heavy atom. The first kappa shape index (κ1) is 23.3. The number of benzene rings is 3. The molecule has 3 rings (SSSR count). The molecule has 32 heavy (non-hydrogen) atoms. The van der Waals surface area contributed by atoms with E-state index in [2.05, 4.69) is 16.0 Å². The van der Waals surface area contributed by atoms with Gasteiger partial charge in [-0.15, -0.1) is 11.8 Å². The molecule has 0 saturated carbocycles. The lowest BCUT2D eigenvalue weighted by atomic mass is 10.2. The topological polar surface area (TPSA) is 79.5 Å². The van der Waals surface area contributed by atoms with E-state index in [1.165, 1.54) is 18.9 Å². The van der Waals surface area contributed by atoms with E-state index in [9.17, 15) is 9.59 Å². The number of rotatable bonds is 7. The molecule has 0 bridgehead atoms. The number of hydrogen-bond donors (Lipinski definition) is 3. The van der Waals surface area contributed by atoms with Crippen LogP contribution in [0.2, 0.25) is 0 Å². The third-order valence-electron chi connectivity index (χ3n) is 4.40. The summed E-state index contributed by atoms with van der Waals surface area (Å²) in [7, 11) is 1.31. The summed E-state index contributed by atoms with van der Waals surface area (Å²) in [5, 5.41) is 9.17. The Balaban J connectivity index is 1.61. The Hall–Kier alpha value is -3.36. The lowest BCUT2D eigenvalue weighted by molar-refractivity contribution is -0.115. The second kappa shape index (κ2) is 11.3. The number of thiocarbonyl (C=S) groups is 1. The fourth-order valence-corrected chi connectivity index (χ4v) is 4.00. The first-order valence-corrected chi connectivity index (χ1v) is 11.1. The summed E-state index contributed by atoms with van der Waals surface area (Å²) in [6, 6.07) is 24.1. The van der Waals surface area contributed by atoms with Crippen LogP contribution in [0.25, 0.3) is 0 Å². The van der Waals surface area contributed by atoms with Gasteiger partial charge in [-0.25, -0.2) is 4.79 Å². The normalized spacial score (nSPS) is 11.2. The molecule has 6 nitrogen and oxygen atoms in total. The van der Waals surface area contributed by atoms with E-state index in [-0.39, 0.29) is 5.91 Å². The van der Waals surface area contributed by atoms with Gasteiger partial charge in [-0.1, -0.05) is 36.4 Å². The molecule has 0 aliphatic rings. The summed E-state index contributed by atoms with van der Waals surface area (Å²) in [6.07, 6.45) is 0. The van der Waals surface area contributed by atoms with Gasteiger partial charge in [0.1, 0.15) is 0 Å². The molecule has 1 amide bonds. The summed E-state index contributed by atoms with van der Waals surface area (Å²) in [5.74, 6) is -0.717. The van der Waals surface area contributed by atoms with Crippen molar-refractivity contribution in [3.63, 3.8) is 0 Å². The van der Waals surface area contributed by atoms with E-state index in [0.717, 1.165) is 16.3 Å². The number of carbonyl (C=O) groups is 2. The van der Waals surface area contributed by atoms with Crippen LogP contribution < -0.4 is 16.0 Å². The van der Waals surface area contributed by atoms with Gasteiger partial charge in [-0.2, -0.15) is 0 Å². The maximum Gasteiger partial charge on any atom is 0.339 e. The Kier molecular flexibility index (Phi) is 8.24. The largest absolute Gasteiger partial charge is 0.465 e. The van der Waals surface area contributed by atoms with Gasteiger partial charge in [-0.05, 0) is 61.6 Å². The number of thioether (sulfide) groups is 1. The quantitative estimate of drug-likeness (QED) is 0.245. The van der Waals surface area contributed by atoms with Crippen LogP contribution in [0.4, 0.5) is 17.1 Å². The monoisotopic (exact) mass is 465 g/mol. The third-order valence-corrected chi connectivity index (χ3v) is 5.69. The van der Waals surface area contributed by atoms with Crippen molar-refractivity contribution < 1.29 is 14.3 Å². The highest BCUT2D eigenvalue weighted by Gasteiger charge is 2.18. The van der Waals surface area contributed by atoms with E-state index >= 15 is 0 Å². The number of hydrogen-bond acceptors (Lipinski definition) is 5. The van der Waals surface area contributed by atoms with E-state index in [1.54, 1.807) is 24.3 Å². The third kappa shape index (κ3) is 6.57. The number of amides is 1. The summed E-state index contributed by atoms with van der Waals surface area (Å²) < 4.78 is 4.78. The smallest absolute Gasteiger partial charge is 0.339 e. The minimum Gasteiger partial charge on any atom is -0.465 e. The predicted octanol–water partition coefficient (Wildman–Crippen LogP) is 5.40. The zero-order chi connectivity index (χ0) is 22.9. The summed E-state index contributed by atoms with van der Waals surface area (Å²) in [5.41, 5.74) is 2.44. The number of para-hydroxylation sites is 2. The van der Waals surface area contributed by atoms with Crippen LogP contribution in [-0.4, -0.2) is 29.3 Å². The summed E-state index contributed by atoms with van der Waals surface area (Å²) in [6.45, 7) is 1.81. The highest BCUT2D eigenvalue weighted by Crippen LogP contribution is 2.27. The zero-order valence-electron chi connectivity index (χ0n) is 17.6. The van der Waals surface area contributed by atoms with Crippen LogP contribution in [0.1, 0.15) is 17.3 Å². The maximum absolute atomic E-state index is 12.7. The Morgan fingerprint density at radius 1 is 0.875 bits per heavy atom. The number of ether oxygens (including phenoxy) is 1. The Morgan fingerprint density at radius 3 is 2.28 bits per heavy atom. The SMILES string of the molecule is COC(=O)c1ccccc1NC(=O)C(C)Sc1cccc(NC(=S)Nc2ccccc2)c1. The van der Waals surface area contributed by atoms with Gasteiger partial charge >= 0.3 is 5.97 Å². The molecule has 0 fully saturated rings. The molecule has 0 saturated heterocycles. The predicted molar refractivity (Wildman–Crippen MR) is 134 cm³/mol. The highest BCUT2D eigenvalue weighted by molar-refractivity contribution is 8.00. The van der Waals surface area contributed by atoms with Crippen molar-refractivity contribution in [2.45, 2.75) is 17.1 Å². The van der Waals surface area contributed by atoms with E-state index in [4.69, 9.17) is 17.0 Å². The van der Waals surface area contributed by atoms with Crippen molar-refractivity contribution in [3.8, 4) is 0 Å². The minimum atomic E-state index is -0.500. The van der Waals surface area contributed by atoms with Gasteiger partial charge in [0.15, 0.2) is 5.11 Å². The fraction of sp³-hybridized carbons (Fsp3) is 0.125. The number of nitrogens with one attached hydrogen (secondary N) is 3. The minimum absolute atomic E-state index is 0.217. The Labute approximate surface area is 196 Å². The molecule has 0 spiro atoms. The van der Waals surface area contributed by atoms with Crippen molar-refractivity contribution in [1.29, 1.82) is 0 Å². The molecule has 3 N–H and O–H groups in total. The van der Waals surface area contributed by atoms with E-state index < -0.39 is 11.2 Å². The van der Waals surface area contributed by atoms with Crippen molar-refractivity contribution >= 4 is 58.0 Å². The van der Waals surface area contributed by atoms with Crippen LogP contribution in [0.5, 0.6) is 0 Å². The van der Waals surface area contributed by atoms with E-state index in [1.807, 2.05) is 61.5 Å². The molecule has 0 radical (unpaired) electrons. The second-order valence-electron chi connectivity index (χ2n) is 6.76. The standard InChI is InChI=1S/C24H23N3O3S2/c1-16(22(28)27-21-14-7-6-13-20(21)23(29)30-2)32-19-12-8-11-18(15-19)26-24(31)25-17-9-4-3-5-10-17/h3-16H,1-2H3,(H,27,28)(H2,25,26,31). The van der Waals surface area contributed by atoms with Gasteiger partial charge in [0.2, 0.25) is 5.91 Å². The highest BCUT2D eigenvalue weighted by atomic mass is 32.2. The average molecular weight is 466 g/mol. The van der Waals surface area contributed by atoms with Crippen molar-refractivity contribution in [1.82, 2.24) is 0 Å². The molecule has 3 aromatic carbocycles. The van der Waals surface area contributed by atoms with Crippen LogP contribution >= 0.6 is 24.0 Å². The number of esters is 1. The van der Waals surface area contributed by atoms with Gasteiger partial charge in [-0.3, -0.25) is 4.79 Å². The van der Waals surface area contributed by atoms with Crippen LogP contribution in [0.15, 0.2) is 83.8 Å². The molecule has 164 valence electrons. The molecule has 8 heteroatoms.